The van der Waals surface area contributed by atoms with E-state index < -0.39 is 0 Å². The van der Waals surface area contributed by atoms with Crippen LogP contribution in [0.5, 0.6) is 0 Å². The molecule has 0 bridgehead atoms. The van der Waals surface area contributed by atoms with Crippen LogP contribution in [0.15, 0.2) is 6.20 Å². The molecular weight excluding hydrogens is 164 g/mol. The molecule has 0 fully saturated rings. The normalized spacial score (nSPS) is 12.4. The Kier molecular flexibility index (Phi) is 2.59. The zero-order valence-corrected chi connectivity index (χ0v) is 8.78. The summed E-state index contributed by atoms with van der Waals surface area (Å²) in [5.41, 5.74) is 5.68. The lowest BCUT2D eigenvalue weighted by Crippen LogP contribution is -2.26. The Balaban J connectivity index is 2.68. The summed E-state index contributed by atoms with van der Waals surface area (Å²) in [7, 11) is 0. The van der Waals surface area contributed by atoms with Crippen molar-refractivity contribution >= 4 is 5.82 Å². The summed E-state index contributed by atoms with van der Waals surface area (Å²) in [6.45, 7) is 9.62. The molecule has 1 aromatic rings. The maximum atomic E-state index is 5.48. The molecule has 1 aromatic heterocycles. The molecule has 0 saturated carbocycles. The van der Waals surface area contributed by atoms with E-state index in [0.29, 0.717) is 11.7 Å². The van der Waals surface area contributed by atoms with Gasteiger partial charge in [0.2, 0.25) is 0 Å². The molecule has 0 radical (unpaired) electrons. The predicted molar refractivity (Wildman–Crippen MR) is 53.1 cm³/mol. The highest BCUT2D eigenvalue weighted by atomic mass is 15.5. The first-order valence-corrected chi connectivity index (χ1v) is 4.57. The van der Waals surface area contributed by atoms with Gasteiger partial charge >= 0.3 is 0 Å². The predicted octanol–water partition coefficient (Wildman–Crippen LogP) is 1.54. The molecule has 0 amide bonds. The third-order valence-corrected chi connectivity index (χ3v) is 2.67. The minimum atomic E-state index is 0.200. The first-order chi connectivity index (χ1) is 5.92. The highest BCUT2D eigenvalue weighted by Crippen LogP contribution is 2.27. The number of aromatic nitrogens is 3. The number of nitrogen functional groups attached to an aromatic ring is 1. The Morgan fingerprint density at radius 2 is 2.15 bits per heavy atom. The quantitative estimate of drug-likeness (QED) is 0.771. The first kappa shape index (κ1) is 10.0. The van der Waals surface area contributed by atoms with Gasteiger partial charge in [0.25, 0.3) is 0 Å². The van der Waals surface area contributed by atoms with Gasteiger partial charge in [0, 0.05) is 0 Å². The number of nitrogens with zero attached hydrogens (tertiary/aromatic N) is 3. The highest BCUT2D eigenvalue weighted by Gasteiger charge is 2.23. The van der Waals surface area contributed by atoms with Crippen molar-refractivity contribution in [3.05, 3.63) is 6.20 Å². The smallest absolute Gasteiger partial charge is 0.165 e. The lowest BCUT2D eigenvalue weighted by atomic mass is 9.81. The fourth-order valence-electron chi connectivity index (χ4n) is 0.934. The van der Waals surface area contributed by atoms with Crippen molar-refractivity contribution in [2.24, 2.45) is 11.3 Å². The topological polar surface area (TPSA) is 56.7 Å². The number of nitrogens with two attached hydrogens (primary N) is 1. The molecule has 13 heavy (non-hydrogen) atoms. The maximum Gasteiger partial charge on any atom is 0.165 e. The van der Waals surface area contributed by atoms with Crippen LogP contribution in [0.2, 0.25) is 0 Å². The summed E-state index contributed by atoms with van der Waals surface area (Å²) < 4.78 is 0. The van der Waals surface area contributed by atoms with Crippen LogP contribution >= 0.6 is 0 Å². The Hall–Kier alpha value is -1.06. The molecule has 0 spiro atoms. The van der Waals surface area contributed by atoms with E-state index in [4.69, 9.17) is 5.73 Å². The van der Waals surface area contributed by atoms with Crippen molar-refractivity contribution in [2.75, 3.05) is 5.73 Å². The summed E-state index contributed by atoms with van der Waals surface area (Å²) in [6, 6.07) is 0. The Morgan fingerprint density at radius 1 is 1.54 bits per heavy atom. The van der Waals surface area contributed by atoms with Crippen LogP contribution in [-0.2, 0) is 6.54 Å². The summed E-state index contributed by atoms with van der Waals surface area (Å²) in [5, 5.41) is 8.13. The van der Waals surface area contributed by atoms with E-state index in [2.05, 4.69) is 37.9 Å². The monoisotopic (exact) mass is 182 g/mol. The van der Waals surface area contributed by atoms with E-state index in [1.165, 1.54) is 0 Å². The standard InChI is InChI=1S/C9H18N4/c1-7(2)9(3,4)6-13-11-5-8(10)12-13/h5,7H,6H2,1-4H3,(H2,10,12). The number of rotatable bonds is 3. The molecule has 74 valence electrons. The van der Waals surface area contributed by atoms with Gasteiger partial charge in [-0.15, -0.1) is 5.10 Å². The van der Waals surface area contributed by atoms with Gasteiger partial charge in [-0.2, -0.15) is 9.90 Å². The maximum absolute atomic E-state index is 5.48. The lowest BCUT2D eigenvalue weighted by molar-refractivity contribution is 0.190. The molecule has 1 heterocycles. The summed E-state index contributed by atoms with van der Waals surface area (Å²) >= 11 is 0. The average Bonchev–Trinajstić information content (AvgIpc) is 2.34. The number of anilines is 1. The minimum Gasteiger partial charge on any atom is -0.381 e. The zero-order valence-electron chi connectivity index (χ0n) is 8.78. The van der Waals surface area contributed by atoms with Crippen molar-refractivity contribution in [2.45, 2.75) is 34.2 Å². The summed E-state index contributed by atoms with van der Waals surface area (Å²) in [4.78, 5) is 1.66. The van der Waals surface area contributed by atoms with Crippen LogP contribution in [-0.4, -0.2) is 15.0 Å². The first-order valence-electron chi connectivity index (χ1n) is 4.57. The van der Waals surface area contributed by atoms with Gasteiger partial charge in [-0.1, -0.05) is 27.7 Å². The van der Waals surface area contributed by atoms with Gasteiger partial charge in [0.05, 0.1) is 12.7 Å². The van der Waals surface area contributed by atoms with E-state index in [-0.39, 0.29) is 5.41 Å². The van der Waals surface area contributed by atoms with Crippen molar-refractivity contribution in [3.8, 4) is 0 Å². The zero-order chi connectivity index (χ0) is 10.1. The van der Waals surface area contributed by atoms with Crippen molar-refractivity contribution in [3.63, 3.8) is 0 Å². The second kappa shape index (κ2) is 3.36. The largest absolute Gasteiger partial charge is 0.381 e. The van der Waals surface area contributed by atoms with E-state index in [9.17, 15) is 0 Å². The van der Waals surface area contributed by atoms with Gasteiger partial charge in [0.15, 0.2) is 5.82 Å². The van der Waals surface area contributed by atoms with Gasteiger partial charge in [0.1, 0.15) is 0 Å². The third-order valence-electron chi connectivity index (χ3n) is 2.67. The van der Waals surface area contributed by atoms with Gasteiger partial charge in [-0.05, 0) is 11.3 Å². The van der Waals surface area contributed by atoms with Crippen molar-refractivity contribution in [1.82, 2.24) is 15.0 Å². The number of hydrogen-bond donors (Lipinski definition) is 1. The van der Waals surface area contributed by atoms with Gasteiger partial charge in [-0.3, -0.25) is 0 Å². The summed E-state index contributed by atoms with van der Waals surface area (Å²) in [5.74, 6) is 1.08. The molecule has 4 heteroatoms. The molecule has 4 nitrogen and oxygen atoms in total. The Labute approximate surface area is 79.1 Å². The van der Waals surface area contributed by atoms with Crippen LogP contribution in [0.25, 0.3) is 0 Å². The molecule has 0 saturated heterocycles. The fourth-order valence-corrected chi connectivity index (χ4v) is 0.934. The number of hydrogen-bond acceptors (Lipinski definition) is 3. The Bertz CT molecular complexity index is 275. The molecule has 0 aliphatic heterocycles. The van der Waals surface area contributed by atoms with Gasteiger partial charge in [-0.25, -0.2) is 0 Å². The van der Waals surface area contributed by atoms with Crippen LogP contribution in [0.1, 0.15) is 27.7 Å². The van der Waals surface area contributed by atoms with Crippen LogP contribution < -0.4 is 5.73 Å². The molecule has 0 unspecified atom stereocenters. The average molecular weight is 182 g/mol. The Morgan fingerprint density at radius 3 is 2.54 bits per heavy atom. The summed E-state index contributed by atoms with van der Waals surface area (Å²) in [6.07, 6.45) is 1.58. The SMILES string of the molecule is CC(C)C(C)(C)Cn1ncc(N)n1. The third kappa shape index (κ3) is 2.44. The van der Waals surface area contributed by atoms with Crippen molar-refractivity contribution in [1.29, 1.82) is 0 Å². The lowest BCUT2D eigenvalue weighted by Gasteiger charge is -2.28. The van der Waals surface area contributed by atoms with E-state index in [1.54, 1.807) is 11.0 Å². The molecule has 2 N–H and O–H groups in total. The van der Waals surface area contributed by atoms with Crippen molar-refractivity contribution < 1.29 is 0 Å². The molecule has 0 aliphatic rings. The van der Waals surface area contributed by atoms with Crippen LogP contribution in [0, 0.1) is 11.3 Å². The van der Waals surface area contributed by atoms with Gasteiger partial charge < -0.3 is 5.73 Å². The van der Waals surface area contributed by atoms with Crippen LogP contribution in [0.3, 0.4) is 0 Å². The molecule has 1 rings (SSSR count). The van der Waals surface area contributed by atoms with E-state index in [1.807, 2.05) is 0 Å². The molecule has 0 aromatic carbocycles. The van der Waals surface area contributed by atoms with E-state index >= 15 is 0 Å². The second-order valence-corrected chi connectivity index (χ2v) is 4.44. The minimum absolute atomic E-state index is 0.200. The fraction of sp³-hybridized carbons (Fsp3) is 0.778. The molecule has 0 aliphatic carbocycles. The molecule has 0 atom stereocenters. The van der Waals surface area contributed by atoms with Crippen LogP contribution in [0.4, 0.5) is 5.82 Å². The molecular formula is C9H18N4. The van der Waals surface area contributed by atoms with E-state index in [0.717, 1.165) is 6.54 Å². The highest BCUT2D eigenvalue weighted by molar-refractivity contribution is 5.19. The second-order valence-electron chi connectivity index (χ2n) is 4.44.